The molecular weight excluding hydrogens is 204 g/mol. The maximum atomic E-state index is 11.9. The lowest BCUT2D eigenvalue weighted by atomic mass is 10.2. The Morgan fingerprint density at radius 2 is 2.25 bits per heavy atom. The molecule has 0 aliphatic carbocycles. The zero-order chi connectivity index (χ0) is 12.0. The summed E-state index contributed by atoms with van der Waals surface area (Å²) >= 11 is 0. The van der Waals surface area contributed by atoms with E-state index in [-0.39, 0.29) is 11.6 Å². The predicted octanol–water partition coefficient (Wildman–Crippen LogP) is 1.37. The molecule has 16 heavy (non-hydrogen) atoms. The van der Waals surface area contributed by atoms with Crippen LogP contribution in [0.5, 0.6) is 5.75 Å². The summed E-state index contributed by atoms with van der Waals surface area (Å²) in [6.07, 6.45) is 3.49. The monoisotopic (exact) mass is 224 g/mol. The Balaban J connectivity index is 2.82. The predicted molar refractivity (Wildman–Crippen MR) is 64.8 cm³/mol. The summed E-state index contributed by atoms with van der Waals surface area (Å²) in [6.45, 7) is 5.12. The van der Waals surface area contributed by atoms with Crippen molar-refractivity contribution in [3.63, 3.8) is 0 Å². The number of hydrogen-bond donors (Lipinski definition) is 1. The molecular formula is C12H20N2O2. The molecule has 0 aliphatic rings. The molecule has 1 aromatic heterocycles. The molecule has 2 N–H and O–H groups in total. The molecule has 4 heteroatoms. The van der Waals surface area contributed by atoms with Gasteiger partial charge in [0.25, 0.3) is 5.56 Å². The van der Waals surface area contributed by atoms with Crippen LogP contribution in [0.4, 0.5) is 0 Å². The van der Waals surface area contributed by atoms with Crippen molar-refractivity contribution in [3.05, 3.63) is 28.7 Å². The summed E-state index contributed by atoms with van der Waals surface area (Å²) < 4.78 is 6.98. The Morgan fingerprint density at radius 3 is 2.88 bits per heavy atom. The highest BCUT2D eigenvalue weighted by atomic mass is 16.5. The number of rotatable bonds is 6. The van der Waals surface area contributed by atoms with Crippen molar-refractivity contribution in [3.8, 4) is 5.75 Å². The van der Waals surface area contributed by atoms with E-state index >= 15 is 0 Å². The van der Waals surface area contributed by atoms with E-state index in [1.807, 2.05) is 19.9 Å². The fourth-order valence-corrected chi connectivity index (χ4v) is 1.36. The second-order valence-electron chi connectivity index (χ2n) is 3.85. The Hall–Kier alpha value is -1.29. The molecule has 1 atom stereocenters. The lowest BCUT2D eigenvalue weighted by Gasteiger charge is -2.12. The molecule has 0 radical (unpaired) electrons. The van der Waals surface area contributed by atoms with Gasteiger partial charge in [0.1, 0.15) is 0 Å². The highest BCUT2D eigenvalue weighted by molar-refractivity contribution is 5.17. The minimum absolute atomic E-state index is 0.0131. The minimum atomic E-state index is -0.0974. The summed E-state index contributed by atoms with van der Waals surface area (Å²) in [4.78, 5) is 11.9. The van der Waals surface area contributed by atoms with Crippen molar-refractivity contribution in [1.82, 2.24) is 4.57 Å². The van der Waals surface area contributed by atoms with Gasteiger partial charge in [-0.25, -0.2) is 0 Å². The Labute approximate surface area is 96.0 Å². The molecule has 90 valence electrons. The zero-order valence-electron chi connectivity index (χ0n) is 9.98. The molecule has 0 aliphatic heterocycles. The number of aromatic nitrogens is 1. The van der Waals surface area contributed by atoms with Crippen LogP contribution in [0.15, 0.2) is 23.1 Å². The zero-order valence-corrected chi connectivity index (χ0v) is 9.98. The maximum Gasteiger partial charge on any atom is 0.292 e. The Bertz CT molecular complexity index is 374. The van der Waals surface area contributed by atoms with Gasteiger partial charge in [-0.2, -0.15) is 0 Å². The first-order valence-electron chi connectivity index (χ1n) is 5.76. The van der Waals surface area contributed by atoms with Gasteiger partial charge >= 0.3 is 0 Å². The van der Waals surface area contributed by atoms with E-state index in [1.165, 1.54) is 0 Å². The van der Waals surface area contributed by atoms with E-state index in [1.54, 1.807) is 16.8 Å². The summed E-state index contributed by atoms with van der Waals surface area (Å²) in [5.74, 6) is 0.410. The molecule has 0 amide bonds. The standard InChI is InChI=1S/C12H20N2O2/c1-3-8-16-11-6-5-7-14(12(11)15)9-10(13)4-2/h5-7,10H,3-4,8-9,13H2,1-2H3. The van der Waals surface area contributed by atoms with Crippen LogP contribution in [0.2, 0.25) is 0 Å². The van der Waals surface area contributed by atoms with Gasteiger partial charge in [0.05, 0.1) is 6.61 Å². The Morgan fingerprint density at radius 1 is 1.50 bits per heavy atom. The fourth-order valence-electron chi connectivity index (χ4n) is 1.36. The lowest BCUT2D eigenvalue weighted by molar-refractivity contribution is 0.309. The van der Waals surface area contributed by atoms with Crippen LogP contribution >= 0.6 is 0 Å². The van der Waals surface area contributed by atoms with Crippen molar-refractivity contribution in [2.75, 3.05) is 6.61 Å². The quantitative estimate of drug-likeness (QED) is 0.794. The highest BCUT2D eigenvalue weighted by Crippen LogP contribution is 2.03. The Kier molecular flexibility index (Phi) is 5.05. The second-order valence-corrected chi connectivity index (χ2v) is 3.85. The summed E-state index contributed by atoms with van der Waals surface area (Å²) in [6, 6.07) is 3.53. The first-order valence-corrected chi connectivity index (χ1v) is 5.76. The van der Waals surface area contributed by atoms with Crippen LogP contribution in [0.1, 0.15) is 26.7 Å². The van der Waals surface area contributed by atoms with Gasteiger partial charge in [0.2, 0.25) is 0 Å². The van der Waals surface area contributed by atoms with Gasteiger partial charge in [0.15, 0.2) is 5.75 Å². The molecule has 1 heterocycles. The van der Waals surface area contributed by atoms with E-state index in [0.29, 0.717) is 18.9 Å². The van der Waals surface area contributed by atoms with Crippen molar-refractivity contribution >= 4 is 0 Å². The molecule has 0 bridgehead atoms. The highest BCUT2D eigenvalue weighted by Gasteiger charge is 2.06. The van der Waals surface area contributed by atoms with Gasteiger partial charge in [-0.3, -0.25) is 4.79 Å². The molecule has 1 aromatic rings. The van der Waals surface area contributed by atoms with Crippen molar-refractivity contribution < 1.29 is 4.74 Å². The molecule has 0 fully saturated rings. The molecule has 1 unspecified atom stereocenters. The van der Waals surface area contributed by atoms with Crippen LogP contribution in [-0.2, 0) is 6.54 Å². The first-order chi connectivity index (χ1) is 7.69. The average Bonchev–Trinajstić information content (AvgIpc) is 2.30. The molecule has 1 rings (SSSR count). The van der Waals surface area contributed by atoms with Gasteiger partial charge < -0.3 is 15.0 Å². The third-order valence-corrected chi connectivity index (χ3v) is 2.40. The number of pyridine rings is 1. The van der Waals surface area contributed by atoms with Gasteiger partial charge in [-0.05, 0) is 25.0 Å². The van der Waals surface area contributed by atoms with Gasteiger partial charge in [0, 0.05) is 18.8 Å². The summed E-state index contributed by atoms with van der Waals surface area (Å²) in [7, 11) is 0. The van der Waals surface area contributed by atoms with Crippen molar-refractivity contribution in [2.24, 2.45) is 5.73 Å². The SMILES string of the molecule is CCCOc1cccn(CC(N)CC)c1=O. The molecule has 0 saturated carbocycles. The van der Waals surface area contributed by atoms with Gasteiger partial charge in [-0.15, -0.1) is 0 Å². The minimum Gasteiger partial charge on any atom is -0.488 e. The van der Waals surface area contributed by atoms with Crippen LogP contribution in [0.25, 0.3) is 0 Å². The van der Waals surface area contributed by atoms with Crippen LogP contribution in [-0.4, -0.2) is 17.2 Å². The third kappa shape index (κ3) is 3.38. The van der Waals surface area contributed by atoms with Crippen LogP contribution in [0, 0.1) is 0 Å². The van der Waals surface area contributed by atoms with Crippen LogP contribution in [0.3, 0.4) is 0 Å². The molecule has 0 spiro atoms. The number of hydrogen-bond acceptors (Lipinski definition) is 3. The molecule has 4 nitrogen and oxygen atoms in total. The molecule has 0 aromatic carbocycles. The largest absolute Gasteiger partial charge is 0.488 e. The van der Waals surface area contributed by atoms with E-state index in [0.717, 1.165) is 12.8 Å². The average molecular weight is 224 g/mol. The fraction of sp³-hybridized carbons (Fsp3) is 0.583. The van der Waals surface area contributed by atoms with Gasteiger partial charge in [-0.1, -0.05) is 13.8 Å². The normalized spacial score (nSPS) is 12.4. The summed E-state index contributed by atoms with van der Waals surface area (Å²) in [5.41, 5.74) is 5.73. The number of ether oxygens (including phenoxy) is 1. The number of nitrogens with zero attached hydrogens (tertiary/aromatic N) is 1. The van der Waals surface area contributed by atoms with E-state index < -0.39 is 0 Å². The second kappa shape index (κ2) is 6.33. The maximum absolute atomic E-state index is 11.9. The van der Waals surface area contributed by atoms with Crippen LogP contribution < -0.4 is 16.0 Å². The molecule has 0 saturated heterocycles. The van der Waals surface area contributed by atoms with Crippen molar-refractivity contribution in [1.29, 1.82) is 0 Å². The van der Waals surface area contributed by atoms with E-state index in [2.05, 4.69) is 0 Å². The smallest absolute Gasteiger partial charge is 0.292 e. The van der Waals surface area contributed by atoms with Crippen molar-refractivity contribution in [2.45, 2.75) is 39.3 Å². The van der Waals surface area contributed by atoms with E-state index in [4.69, 9.17) is 10.5 Å². The topological polar surface area (TPSA) is 57.2 Å². The third-order valence-electron chi connectivity index (χ3n) is 2.40. The lowest BCUT2D eigenvalue weighted by Crippen LogP contribution is -2.31. The summed E-state index contributed by atoms with van der Waals surface area (Å²) in [5, 5.41) is 0. The van der Waals surface area contributed by atoms with E-state index in [9.17, 15) is 4.79 Å². The number of nitrogens with two attached hydrogens (primary N) is 1. The first kappa shape index (κ1) is 12.8.